The molecule has 5 rings (SSSR count). The minimum atomic E-state index is -0.0994. The van der Waals surface area contributed by atoms with Gasteiger partial charge in [-0.05, 0) is 67.6 Å². The van der Waals surface area contributed by atoms with E-state index < -0.39 is 0 Å². The van der Waals surface area contributed by atoms with Gasteiger partial charge in [0.15, 0.2) is 0 Å². The van der Waals surface area contributed by atoms with E-state index in [0.29, 0.717) is 30.2 Å². The van der Waals surface area contributed by atoms with Gasteiger partial charge in [-0.1, -0.05) is 0 Å². The summed E-state index contributed by atoms with van der Waals surface area (Å²) >= 11 is 0. The Kier molecular flexibility index (Phi) is 7.32. The maximum Gasteiger partial charge on any atom is 0.253 e. The molecule has 0 radical (unpaired) electrons. The van der Waals surface area contributed by atoms with Gasteiger partial charge < -0.3 is 19.5 Å². The summed E-state index contributed by atoms with van der Waals surface area (Å²) in [6.07, 6.45) is 9.26. The normalized spacial score (nSPS) is 14.3. The van der Waals surface area contributed by atoms with Crippen LogP contribution in [-0.4, -0.2) is 69.4 Å². The van der Waals surface area contributed by atoms with Crippen molar-refractivity contribution in [2.75, 3.05) is 33.4 Å². The lowest BCUT2D eigenvalue weighted by Gasteiger charge is -2.32. The Morgan fingerprint density at radius 1 is 1.11 bits per heavy atom. The first kappa shape index (κ1) is 24.7. The first-order valence-electron chi connectivity index (χ1n) is 12.6. The van der Waals surface area contributed by atoms with Crippen molar-refractivity contribution in [3.05, 3.63) is 78.0 Å². The molecular weight excluding hydrogens is 468 g/mol. The summed E-state index contributed by atoms with van der Waals surface area (Å²) in [4.78, 5) is 31.6. The van der Waals surface area contributed by atoms with E-state index in [0.717, 1.165) is 54.6 Å². The second-order valence-corrected chi connectivity index (χ2v) is 9.52. The number of likely N-dealkylation sites (tertiary alicyclic amines) is 1. The first-order chi connectivity index (χ1) is 18.0. The number of carbonyl (C=O) groups is 2. The highest BCUT2D eigenvalue weighted by Gasteiger charge is 2.24. The van der Waals surface area contributed by atoms with Crippen LogP contribution in [0.25, 0.3) is 16.6 Å². The SMILES string of the molecule is COCCNC(=O)c1ccc2nn(CC3CCN(C(=O)c4ccc(-n5ccnc5)cc4)CC3)cc2c1C. The molecule has 4 aromatic rings. The molecule has 2 aromatic carbocycles. The molecular formula is C28H32N6O3. The number of aromatic nitrogens is 4. The Balaban J connectivity index is 1.18. The van der Waals surface area contributed by atoms with E-state index in [-0.39, 0.29) is 11.8 Å². The van der Waals surface area contributed by atoms with Crippen LogP contribution in [0.5, 0.6) is 0 Å². The minimum Gasteiger partial charge on any atom is -0.383 e. The highest BCUT2D eigenvalue weighted by molar-refractivity contribution is 6.00. The topological polar surface area (TPSA) is 94.3 Å². The molecule has 0 saturated carbocycles. The highest BCUT2D eigenvalue weighted by atomic mass is 16.5. The van der Waals surface area contributed by atoms with E-state index >= 15 is 0 Å². The van der Waals surface area contributed by atoms with Crippen molar-refractivity contribution in [2.45, 2.75) is 26.3 Å². The fourth-order valence-corrected chi connectivity index (χ4v) is 4.94. The van der Waals surface area contributed by atoms with Gasteiger partial charge in [0.1, 0.15) is 0 Å². The summed E-state index contributed by atoms with van der Waals surface area (Å²) in [6, 6.07) is 11.4. The van der Waals surface area contributed by atoms with Gasteiger partial charge in [0, 0.05) is 74.1 Å². The van der Waals surface area contributed by atoms with Crippen molar-refractivity contribution < 1.29 is 14.3 Å². The standard InChI is InChI=1S/C28H32N6O3/c1-20-24(27(35)30-12-16-37-2)7-8-26-25(20)18-34(31-26)17-21-9-13-32(14-10-21)28(36)22-3-5-23(6-4-22)33-15-11-29-19-33/h3-8,11,15,18-19,21H,9-10,12-14,16-17H2,1-2H3,(H,30,35). The average molecular weight is 501 g/mol. The van der Waals surface area contributed by atoms with Crippen LogP contribution < -0.4 is 5.32 Å². The molecule has 1 aliphatic rings. The second kappa shape index (κ2) is 11.0. The Labute approximate surface area is 216 Å². The van der Waals surface area contributed by atoms with Gasteiger partial charge in [-0.15, -0.1) is 0 Å². The maximum absolute atomic E-state index is 13.0. The predicted molar refractivity (Wildman–Crippen MR) is 141 cm³/mol. The highest BCUT2D eigenvalue weighted by Crippen LogP contribution is 2.25. The molecule has 9 heteroatoms. The zero-order valence-electron chi connectivity index (χ0n) is 21.3. The predicted octanol–water partition coefficient (Wildman–Crippen LogP) is 3.46. The molecule has 9 nitrogen and oxygen atoms in total. The summed E-state index contributed by atoms with van der Waals surface area (Å²) in [5, 5.41) is 8.63. The molecule has 1 saturated heterocycles. The third kappa shape index (κ3) is 5.41. The summed E-state index contributed by atoms with van der Waals surface area (Å²) in [7, 11) is 1.61. The van der Waals surface area contributed by atoms with Crippen molar-refractivity contribution in [3.63, 3.8) is 0 Å². The first-order valence-corrected chi connectivity index (χ1v) is 12.6. The lowest BCUT2D eigenvalue weighted by molar-refractivity contribution is 0.0681. The third-order valence-corrected chi connectivity index (χ3v) is 7.11. The Bertz CT molecular complexity index is 1370. The van der Waals surface area contributed by atoms with Crippen molar-refractivity contribution in [1.29, 1.82) is 0 Å². The molecule has 37 heavy (non-hydrogen) atoms. The van der Waals surface area contributed by atoms with Gasteiger partial charge in [0.25, 0.3) is 11.8 Å². The van der Waals surface area contributed by atoms with Gasteiger partial charge in [0.05, 0.1) is 18.5 Å². The number of hydrogen-bond acceptors (Lipinski definition) is 5. The second-order valence-electron chi connectivity index (χ2n) is 9.52. The lowest BCUT2D eigenvalue weighted by atomic mass is 9.96. The van der Waals surface area contributed by atoms with Crippen LogP contribution >= 0.6 is 0 Å². The molecule has 0 spiro atoms. The number of ether oxygens (including phenoxy) is 1. The van der Waals surface area contributed by atoms with Crippen LogP contribution in [0.2, 0.25) is 0 Å². The van der Waals surface area contributed by atoms with Crippen LogP contribution in [0.4, 0.5) is 0 Å². The molecule has 1 aliphatic heterocycles. The summed E-state index contributed by atoms with van der Waals surface area (Å²) in [5.41, 5.74) is 4.16. The number of amides is 2. The van der Waals surface area contributed by atoms with Gasteiger partial charge in [0.2, 0.25) is 0 Å². The monoisotopic (exact) mass is 500 g/mol. The van der Waals surface area contributed by atoms with Crippen LogP contribution in [0.15, 0.2) is 61.3 Å². The minimum absolute atomic E-state index is 0.0763. The largest absolute Gasteiger partial charge is 0.383 e. The van der Waals surface area contributed by atoms with E-state index in [1.54, 1.807) is 19.6 Å². The molecule has 0 unspecified atom stereocenters. The molecule has 0 atom stereocenters. The van der Waals surface area contributed by atoms with Crippen molar-refractivity contribution in [3.8, 4) is 5.69 Å². The quantitative estimate of drug-likeness (QED) is 0.374. The Morgan fingerprint density at radius 2 is 1.89 bits per heavy atom. The molecule has 2 aromatic heterocycles. The van der Waals surface area contributed by atoms with Crippen molar-refractivity contribution in [1.82, 2.24) is 29.5 Å². The molecule has 0 aliphatic carbocycles. The fourth-order valence-electron chi connectivity index (χ4n) is 4.94. The van der Waals surface area contributed by atoms with Crippen LogP contribution in [0, 0.1) is 12.8 Å². The number of nitrogens with one attached hydrogen (secondary N) is 1. The van der Waals surface area contributed by atoms with E-state index in [1.165, 1.54) is 0 Å². The summed E-state index contributed by atoms with van der Waals surface area (Å²) in [5.74, 6) is 0.420. The number of rotatable bonds is 8. The molecule has 192 valence electrons. The third-order valence-electron chi connectivity index (χ3n) is 7.11. The lowest BCUT2D eigenvalue weighted by Crippen LogP contribution is -2.39. The molecule has 1 N–H and O–H groups in total. The number of carbonyl (C=O) groups excluding carboxylic acids is 2. The molecule has 1 fully saturated rings. The average Bonchev–Trinajstić information content (AvgIpc) is 3.60. The number of methoxy groups -OCH3 is 1. The number of piperidine rings is 1. The number of nitrogens with zero attached hydrogens (tertiary/aromatic N) is 5. The number of fused-ring (bicyclic) bond motifs is 1. The maximum atomic E-state index is 13.0. The number of aryl methyl sites for hydroxylation is 1. The molecule has 2 amide bonds. The molecule has 3 heterocycles. The van der Waals surface area contributed by atoms with E-state index in [4.69, 9.17) is 9.84 Å². The molecule has 0 bridgehead atoms. The summed E-state index contributed by atoms with van der Waals surface area (Å²) in [6.45, 7) is 5.19. The van der Waals surface area contributed by atoms with E-state index in [2.05, 4.69) is 10.3 Å². The number of benzene rings is 2. The fraction of sp³-hybridized carbons (Fsp3) is 0.357. The zero-order valence-corrected chi connectivity index (χ0v) is 21.3. The number of imidazole rings is 1. The van der Waals surface area contributed by atoms with Gasteiger partial charge >= 0.3 is 0 Å². The summed E-state index contributed by atoms with van der Waals surface area (Å²) < 4.78 is 8.91. The Hall–Kier alpha value is -3.98. The smallest absolute Gasteiger partial charge is 0.253 e. The Morgan fingerprint density at radius 3 is 2.59 bits per heavy atom. The van der Waals surface area contributed by atoms with Gasteiger partial charge in [-0.25, -0.2) is 4.98 Å². The van der Waals surface area contributed by atoms with Crippen molar-refractivity contribution >= 4 is 22.7 Å². The van der Waals surface area contributed by atoms with Crippen LogP contribution in [0.3, 0.4) is 0 Å². The number of hydrogen-bond donors (Lipinski definition) is 1. The van der Waals surface area contributed by atoms with Gasteiger partial charge in [-0.3, -0.25) is 14.3 Å². The van der Waals surface area contributed by atoms with E-state index in [1.807, 2.05) is 69.9 Å². The van der Waals surface area contributed by atoms with Crippen LogP contribution in [-0.2, 0) is 11.3 Å². The zero-order chi connectivity index (χ0) is 25.8. The van der Waals surface area contributed by atoms with E-state index in [9.17, 15) is 9.59 Å². The van der Waals surface area contributed by atoms with Crippen LogP contribution in [0.1, 0.15) is 39.1 Å². The van der Waals surface area contributed by atoms with Gasteiger partial charge in [-0.2, -0.15) is 5.10 Å². The van der Waals surface area contributed by atoms with Crippen molar-refractivity contribution in [2.24, 2.45) is 5.92 Å².